The lowest BCUT2D eigenvalue weighted by atomic mass is 10.2. The van der Waals surface area contributed by atoms with E-state index < -0.39 is 0 Å². The molecule has 0 aliphatic carbocycles. The molecule has 0 saturated heterocycles. The highest BCUT2D eigenvalue weighted by Crippen LogP contribution is 2.00. The van der Waals surface area contributed by atoms with Crippen molar-refractivity contribution in [1.29, 1.82) is 0 Å². The van der Waals surface area contributed by atoms with Crippen molar-refractivity contribution in [2.24, 2.45) is 0 Å². The molecule has 0 aliphatic heterocycles. The van der Waals surface area contributed by atoms with Crippen molar-refractivity contribution in [2.75, 3.05) is 20.7 Å². The van der Waals surface area contributed by atoms with Crippen molar-refractivity contribution >= 4 is 11.9 Å². The number of ether oxygens (including phenoxy) is 1. The van der Waals surface area contributed by atoms with Crippen LogP contribution in [0.4, 0.5) is 0 Å². The molecule has 1 amide bonds. The lowest BCUT2D eigenvalue weighted by Crippen LogP contribution is -2.31. The van der Waals surface area contributed by atoms with E-state index in [4.69, 9.17) is 0 Å². The van der Waals surface area contributed by atoms with E-state index in [2.05, 4.69) is 9.72 Å². The summed E-state index contributed by atoms with van der Waals surface area (Å²) in [5.41, 5.74) is -0.225. The van der Waals surface area contributed by atoms with E-state index in [0.717, 1.165) is 0 Å². The van der Waals surface area contributed by atoms with Gasteiger partial charge in [0, 0.05) is 38.5 Å². The van der Waals surface area contributed by atoms with Crippen LogP contribution in [0.1, 0.15) is 23.2 Å². The summed E-state index contributed by atoms with van der Waals surface area (Å²) >= 11 is 0. The zero-order valence-corrected chi connectivity index (χ0v) is 10.4. The molecular weight excluding hydrogens is 236 g/mol. The molecule has 6 nitrogen and oxygen atoms in total. The van der Waals surface area contributed by atoms with Gasteiger partial charge in [0.2, 0.25) is 0 Å². The number of hydrogen-bond donors (Lipinski definition) is 1. The van der Waals surface area contributed by atoms with Crippen molar-refractivity contribution < 1.29 is 14.3 Å². The Morgan fingerprint density at radius 1 is 1.44 bits per heavy atom. The van der Waals surface area contributed by atoms with Gasteiger partial charge < -0.3 is 14.6 Å². The second-order valence-electron chi connectivity index (χ2n) is 3.83. The van der Waals surface area contributed by atoms with E-state index in [1.54, 1.807) is 7.05 Å². The third-order valence-corrected chi connectivity index (χ3v) is 2.50. The number of aromatic amines is 1. The maximum atomic E-state index is 11.9. The van der Waals surface area contributed by atoms with Crippen molar-refractivity contribution in [1.82, 2.24) is 9.88 Å². The molecule has 18 heavy (non-hydrogen) atoms. The van der Waals surface area contributed by atoms with Gasteiger partial charge in [0.05, 0.1) is 7.11 Å². The number of aromatic nitrogens is 1. The molecule has 1 aromatic rings. The summed E-state index contributed by atoms with van der Waals surface area (Å²) in [5, 5.41) is 0. The molecule has 0 saturated carbocycles. The summed E-state index contributed by atoms with van der Waals surface area (Å²) in [5.74, 6) is -0.671. The van der Waals surface area contributed by atoms with E-state index in [1.165, 1.54) is 30.5 Å². The summed E-state index contributed by atoms with van der Waals surface area (Å²) in [7, 11) is 2.91. The van der Waals surface area contributed by atoms with Crippen LogP contribution in [-0.4, -0.2) is 42.5 Å². The monoisotopic (exact) mass is 252 g/mol. The molecule has 0 fully saturated rings. The van der Waals surface area contributed by atoms with E-state index in [1.807, 2.05) is 0 Å². The Hall–Kier alpha value is -2.11. The number of pyridine rings is 1. The molecule has 1 heterocycles. The van der Waals surface area contributed by atoms with Crippen molar-refractivity contribution in [3.05, 3.63) is 34.2 Å². The summed E-state index contributed by atoms with van der Waals surface area (Å²) in [6.45, 7) is 0.391. The second kappa shape index (κ2) is 6.58. The maximum absolute atomic E-state index is 11.9. The molecular formula is C12H16N2O4. The first-order chi connectivity index (χ1) is 8.56. The van der Waals surface area contributed by atoms with Crippen LogP contribution in [0.5, 0.6) is 0 Å². The van der Waals surface area contributed by atoms with Gasteiger partial charge in [0.25, 0.3) is 5.91 Å². The minimum absolute atomic E-state index is 0.0954. The molecule has 0 aliphatic rings. The highest BCUT2D eigenvalue weighted by molar-refractivity contribution is 5.93. The number of nitrogens with zero attached hydrogens (tertiary/aromatic N) is 1. The normalized spacial score (nSPS) is 9.89. The number of amides is 1. The van der Waals surface area contributed by atoms with Crippen molar-refractivity contribution in [3.63, 3.8) is 0 Å². The Kier molecular flexibility index (Phi) is 5.10. The van der Waals surface area contributed by atoms with Gasteiger partial charge in [-0.3, -0.25) is 14.4 Å². The standard InChI is InChI=1S/C12H16N2O4/c1-14(7-3-4-11(16)18-2)12(17)9-8-13-6-5-10(9)15/h5-6,8H,3-4,7H2,1-2H3,(H,13,15). The molecule has 0 bridgehead atoms. The van der Waals surface area contributed by atoms with Gasteiger partial charge in [0.15, 0.2) is 5.43 Å². The Bertz CT molecular complexity index is 481. The molecule has 0 atom stereocenters. The fraction of sp³-hybridized carbons (Fsp3) is 0.417. The number of nitrogens with one attached hydrogen (secondary N) is 1. The number of esters is 1. The Balaban J connectivity index is 2.55. The Labute approximate surface area is 105 Å². The number of hydrogen-bond acceptors (Lipinski definition) is 4. The summed E-state index contributed by atoms with van der Waals surface area (Å²) in [6, 6.07) is 1.30. The largest absolute Gasteiger partial charge is 0.469 e. The third-order valence-electron chi connectivity index (χ3n) is 2.50. The van der Waals surface area contributed by atoms with Crippen LogP contribution in [0.25, 0.3) is 0 Å². The maximum Gasteiger partial charge on any atom is 0.305 e. The van der Waals surface area contributed by atoms with Gasteiger partial charge in [-0.15, -0.1) is 0 Å². The molecule has 0 spiro atoms. The van der Waals surface area contributed by atoms with Crippen LogP contribution in [0.3, 0.4) is 0 Å². The predicted octanol–water partition coefficient (Wildman–Crippen LogP) is 0.400. The van der Waals surface area contributed by atoms with Gasteiger partial charge >= 0.3 is 5.97 Å². The van der Waals surface area contributed by atoms with Gasteiger partial charge in [-0.05, 0) is 6.42 Å². The average molecular weight is 252 g/mol. The van der Waals surface area contributed by atoms with E-state index in [9.17, 15) is 14.4 Å². The van der Waals surface area contributed by atoms with Gasteiger partial charge in [-0.2, -0.15) is 0 Å². The first-order valence-corrected chi connectivity index (χ1v) is 5.55. The van der Waals surface area contributed by atoms with Gasteiger partial charge in [-0.1, -0.05) is 0 Å². The summed E-state index contributed by atoms with van der Waals surface area (Å²) in [6.07, 6.45) is 3.59. The van der Waals surface area contributed by atoms with Crippen molar-refractivity contribution in [3.8, 4) is 0 Å². The summed E-state index contributed by atoms with van der Waals surface area (Å²) in [4.78, 5) is 38.4. The molecule has 0 radical (unpaired) electrons. The zero-order valence-electron chi connectivity index (χ0n) is 10.4. The van der Waals surface area contributed by atoms with Crippen LogP contribution >= 0.6 is 0 Å². The predicted molar refractivity (Wildman–Crippen MR) is 65.3 cm³/mol. The highest BCUT2D eigenvalue weighted by Gasteiger charge is 2.14. The molecule has 1 N–H and O–H groups in total. The highest BCUT2D eigenvalue weighted by atomic mass is 16.5. The molecule has 1 rings (SSSR count). The fourth-order valence-electron chi connectivity index (χ4n) is 1.45. The third kappa shape index (κ3) is 3.73. The topological polar surface area (TPSA) is 79.5 Å². The lowest BCUT2D eigenvalue weighted by molar-refractivity contribution is -0.140. The van der Waals surface area contributed by atoms with Crippen LogP contribution in [0.15, 0.2) is 23.3 Å². The molecule has 1 aromatic heterocycles. The smallest absolute Gasteiger partial charge is 0.305 e. The second-order valence-corrected chi connectivity index (χ2v) is 3.83. The Morgan fingerprint density at radius 3 is 2.78 bits per heavy atom. The Morgan fingerprint density at radius 2 is 2.17 bits per heavy atom. The number of H-pyrrole nitrogens is 1. The minimum atomic E-state index is -0.360. The van der Waals surface area contributed by atoms with Crippen LogP contribution < -0.4 is 5.43 Å². The van der Waals surface area contributed by atoms with Crippen LogP contribution in [0.2, 0.25) is 0 Å². The van der Waals surface area contributed by atoms with E-state index in [0.29, 0.717) is 13.0 Å². The molecule has 0 aromatic carbocycles. The van der Waals surface area contributed by atoms with E-state index in [-0.39, 0.29) is 29.3 Å². The SMILES string of the molecule is COC(=O)CCCN(C)C(=O)c1c[nH]ccc1=O. The number of rotatable bonds is 5. The van der Waals surface area contributed by atoms with Crippen molar-refractivity contribution in [2.45, 2.75) is 12.8 Å². The van der Waals surface area contributed by atoms with Crippen LogP contribution in [-0.2, 0) is 9.53 Å². The van der Waals surface area contributed by atoms with Gasteiger partial charge in [-0.25, -0.2) is 0 Å². The molecule has 98 valence electrons. The first-order valence-electron chi connectivity index (χ1n) is 5.55. The minimum Gasteiger partial charge on any atom is -0.469 e. The zero-order chi connectivity index (χ0) is 13.5. The lowest BCUT2D eigenvalue weighted by Gasteiger charge is -2.16. The first kappa shape index (κ1) is 14.0. The quantitative estimate of drug-likeness (QED) is 0.769. The van der Waals surface area contributed by atoms with E-state index >= 15 is 0 Å². The molecule has 6 heteroatoms. The number of methoxy groups -OCH3 is 1. The number of carbonyl (C=O) groups excluding carboxylic acids is 2. The molecule has 0 unspecified atom stereocenters. The fourth-order valence-corrected chi connectivity index (χ4v) is 1.45. The summed E-state index contributed by atoms with van der Waals surface area (Å²) < 4.78 is 4.50. The van der Waals surface area contributed by atoms with Crippen LogP contribution in [0, 0.1) is 0 Å². The number of carbonyl (C=O) groups is 2. The average Bonchev–Trinajstić information content (AvgIpc) is 2.38. The van der Waals surface area contributed by atoms with Gasteiger partial charge in [0.1, 0.15) is 5.56 Å².